The van der Waals surface area contributed by atoms with Crippen molar-refractivity contribution < 1.29 is 29.0 Å². The first-order valence-corrected chi connectivity index (χ1v) is 7.33. The molecular weight excluding hydrogens is 375 g/mol. The molecule has 0 atom stereocenters. The summed E-state index contributed by atoms with van der Waals surface area (Å²) < 4.78 is 4.82. The van der Waals surface area contributed by atoms with Crippen LogP contribution in [0.5, 0.6) is 0 Å². The van der Waals surface area contributed by atoms with E-state index in [-0.39, 0.29) is 87.7 Å². The predicted molar refractivity (Wildman–Crippen MR) is 99.1 cm³/mol. The molecule has 0 aromatic carbocycles. The first-order valence-electron chi connectivity index (χ1n) is 7.33. The molecule has 0 aromatic rings. The first kappa shape index (κ1) is 31.3. The fourth-order valence-corrected chi connectivity index (χ4v) is 1.14. The molecule has 0 saturated heterocycles. The van der Waals surface area contributed by atoms with E-state index < -0.39 is 5.97 Å². The summed E-state index contributed by atoms with van der Waals surface area (Å²) in [6.45, 7) is 2.21. The van der Waals surface area contributed by atoms with Gasteiger partial charge in [-0.05, 0) is 6.42 Å². The molecule has 0 bridgehead atoms. The van der Waals surface area contributed by atoms with Crippen LogP contribution in [-0.2, 0) is 23.9 Å². The van der Waals surface area contributed by atoms with E-state index in [4.69, 9.17) is 21.3 Å². The Labute approximate surface area is 160 Å². The van der Waals surface area contributed by atoms with Crippen molar-refractivity contribution >= 4 is 48.3 Å². The summed E-state index contributed by atoms with van der Waals surface area (Å²) in [5, 5.41) is 8.06. The Hall–Kier alpha value is -1.48. The van der Waals surface area contributed by atoms with Crippen LogP contribution in [0.4, 0.5) is 0 Å². The van der Waals surface area contributed by atoms with E-state index in [2.05, 4.69) is 0 Å². The van der Waals surface area contributed by atoms with E-state index in [9.17, 15) is 19.2 Å². The molecule has 5 N–H and O–H groups in total. The number of halogens is 2. The lowest BCUT2D eigenvalue weighted by Crippen LogP contribution is -2.15. The monoisotopic (exact) mass is 402 g/mol. The minimum atomic E-state index is -0.961. The number of nitrogens with two attached hydrogens (primary N) is 2. The third kappa shape index (κ3) is 27.6. The summed E-state index contributed by atoms with van der Waals surface area (Å²) >= 11 is 0. The number of carbonyl (C=O) groups is 4. The van der Waals surface area contributed by atoms with E-state index in [1.165, 1.54) is 0 Å². The second kappa shape index (κ2) is 22.5. The molecule has 8 nitrogen and oxygen atoms in total. The van der Waals surface area contributed by atoms with Gasteiger partial charge in [-0.1, -0.05) is 19.1 Å². The van der Waals surface area contributed by atoms with Gasteiger partial charge in [-0.3, -0.25) is 19.2 Å². The van der Waals surface area contributed by atoms with Crippen LogP contribution in [0, 0.1) is 0 Å². The summed E-state index contributed by atoms with van der Waals surface area (Å²) in [7, 11) is 0. The molecule has 0 spiro atoms. The van der Waals surface area contributed by atoms with Crippen LogP contribution >= 0.6 is 24.8 Å². The Bertz CT molecular complexity index is 417. The number of Topliss-reactive ketones (excluding diaryl/α,β-unsaturated/α-hetero) is 2. The van der Waals surface area contributed by atoms with Gasteiger partial charge in [0.1, 0.15) is 18.2 Å². The number of allylic oxidation sites excluding steroid dienone is 1. The molecule has 0 fully saturated rings. The van der Waals surface area contributed by atoms with Gasteiger partial charge in [0.15, 0.2) is 0 Å². The largest absolute Gasteiger partial charge is 0.481 e. The van der Waals surface area contributed by atoms with Crippen molar-refractivity contribution in [3.05, 3.63) is 12.2 Å². The van der Waals surface area contributed by atoms with E-state index in [0.717, 1.165) is 6.42 Å². The quantitative estimate of drug-likeness (QED) is 0.342. The van der Waals surface area contributed by atoms with Crippen LogP contribution in [0.25, 0.3) is 0 Å². The van der Waals surface area contributed by atoms with Crippen LogP contribution < -0.4 is 11.5 Å². The number of ketones is 2. The standard InChI is InChI=1S/C10H17NO3.C5H9NO3.2ClH/c1-2-3-4-7-14-10(13)6-5-9(12)8-11;6-3-4(7)1-2-5(8)9;;/h3-4H,2,5-8,11H2,1H3;1-3,6H2,(H,8,9);2*1H/b4-3-;;;. The Kier molecular flexibility index (Phi) is 28.2. The van der Waals surface area contributed by atoms with Gasteiger partial charge < -0.3 is 21.3 Å². The highest BCUT2D eigenvalue weighted by atomic mass is 35.5. The Morgan fingerprint density at radius 2 is 1.36 bits per heavy atom. The summed E-state index contributed by atoms with van der Waals surface area (Å²) in [6, 6.07) is 0. The van der Waals surface area contributed by atoms with Crippen LogP contribution in [0.2, 0.25) is 0 Å². The van der Waals surface area contributed by atoms with Gasteiger partial charge in [-0.25, -0.2) is 0 Å². The number of aliphatic carboxylic acids is 1. The fraction of sp³-hybridized carbons (Fsp3) is 0.600. The number of carbonyl (C=O) groups excluding carboxylic acids is 3. The summed E-state index contributed by atoms with van der Waals surface area (Å²) in [5.41, 5.74) is 10.0. The van der Waals surface area contributed by atoms with E-state index in [0.29, 0.717) is 0 Å². The minimum Gasteiger partial charge on any atom is -0.481 e. The van der Waals surface area contributed by atoms with Gasteiger partial charge in [-0.15, -0.1) is 24.8 Å². The summed E-state index contributed by atoms with van der Waals surface area (Å²) in [6.07, 6.45) is 4.84. The second-order valence-corrected chi connectivity index (χ2v) is 4.44. The van der Waals surface area contributed by atoms with Crippen molar-refractivity contribution in [3.63, 3.8) is 0 Å². The first-order chi connectivity index (χ1) is 10.9. The zero-order chi connectivity index (χ0) is 18.1. The van der Waals surface area contributed by atoms with Crippen molar-refractivity contribution in [2.24, 2.45) is 11.5 Å². The molecule has 148 valence electrons. The van der Waals surface area contributed by atoms with Gasteiger partial charge in [0, 0.05) is 12.8 Å². The molecule has 0 unspecified atom stereocenters. The molecule has 0 aliphatic heterocycles. The van der Waals surface area contributed by atoms with E-state index >= 15 is 0 Å². The lowest BCUT2D eigenvalue weighted by molar-refractivity contribution is -0.143. The number of carboxylic acid groups (broad SMARTS) is 1. The lowest BCUT2D eigenvalue weighted by Gasteiger charge is -2.00. The lowest BCUT2D eigenvalue weighted by atomic mass is 10.2. The zero-order valence-corrected chi connectivity index (χ0v) is 15.9. The molecule has 0 heterocycles. The van der Waals surface area contributed by atoms with E-state index in [1.807, 2.05) is 13.0 Å². The van der Waals surface area contributed by atoms with Crippen molar-refractivity contribution in [3.8, 4) is 0 Å². The topological polar surface area (TPSA) is 150 Å². The molecule has 0 aliphatic rings. The molecule has 0 saturated carbocycles. The summed E-state index contributed by atoms with van der Waals surface area (Å²) in [5.74, 6) is -1.65. The van der Waals surface area contributed by atoms with Crippen molar-refractivity contribution in [1.29, 1.82) is 0 Å². The van der Waals surface area contributed by atoms with Gasteiger partial charge in [-0.2, -0.15) is 0 Å². The molecule has 0 rings (SSSR count). The molecule has 0 aliphatic carbocycles. The smallest absolute Gasteiger partial charge is 0.306 e. The maximum Gasteiger partial charge on any atom is 0.306 e. The maximum atomic E-state index is 11.0. The highest BCUT2D eigenvalue weighted by molar-refractivity contribution is 5.86. The maximum absolute atomic E-state index is 11.0. The van der Waals surface area contributed by atoms with Crippen LogP contribution in [0.3, 0.4) is 0 Å². The van der Waals surface area contributed by atoms with Crippen LogP contribution in [0.1, 0.15) is 39.0 Å². The number of hydrogen-bond acceptors (Lipinski definition) is 7. The SMILES string of the molecule is CC/C=C\COC(=O)CCC(=O)CN.Cl.Cl.NCC(=O)CCC(=O)O. The summed E-state index contributed by atoms with van der Waals surface area (Å²) in [4.78, 5) is 41.9. The number of ether oxygens (including phenoxy) is 1. The number of hydrogen-bond donors (Lipinski definition) is 3. The van der Waals surface area contributed by atoms with Crippen LogP contribution in [0.15, 0.2) is 12.2 Å². The number of carboxylic acids is 1. The van der Waals surface area contributed by atoms with E-state index in [1.54, 1.807) is 6.08 Å². The average Bonchev–Trinajstić information content (AvgIpc) is 2.54. The number of esters is 1. The zero-order valence-electron chi connectivity index (χ0n) is 14.3. The van der Waals surface area contributed by atoms with Gasteiger partial charge in [0.25, 0.3) is 0 Å². The molecule has 0 aromatic heterocycles. The fourth-order valence-electron chi connectivity index (χ4n) is 1.14. The van der Waals surface area contributed by atoms with Crippen molar-refractivity contribution in [2.75, 3.05) is 19.7 Å². The number of rotatable bonds is 11. The van der Waals surface area contributed by atoms with Crippen molar-refractivity contribution in [2.45, 2.75) is 39.0 Å². The molecular formula is C15H28Cl2N2O6. The molecule has 0 amide bonds. The van der Waals surface area contributed by atoms with Gasteiger partial charge in [0.2, 0.25) is 0 Å². The molecule has 25 heavy (non-hydrogen) atoms. The van der Waals surface area contributed by atoms with Gasteiger partial charge in [0.05, 0.1) is 25.9 Å². The Balaban J connectivity index is -0.000000177. The predicted octanol–water partition coefficient (Wildman–Crippen LogP) is 1.03. The third-order valence-electron chi connectivity index (χ3n) is 2.42. The highest BCUT2D eigenvalue weighted by Crippen LogP contribution is 1.94. The Morgan fingerprint density at radius 1 is 0.880 bits per heavy atom. The van der Waals surface area contributed by atoms with Crippen molar-refractivity contribution in [1.82, 2.24) is 0 Å². The molecule has 0 radical (unpaired) electrons. The highest BCUT2D eigenvalue weighted by Gasteiger charge is 2.05. The van der Waals surface area contributed by atoms with Gasteiger partial charge >= 0.3 is 11.9 Å². The average molecular weight is 403 g/mol. The molecule has 10 heteroatoms. The third-order valence-corrected chi connectivity index (χ3v) is 2.42. The normalized spacial score (nSPS) is 9.08. The second-order valence-electron chi connectivity index (χ2n) is 4.44. The minimum absolute atomic E-state index is 0. The van der Waals surface area contributed by atoms with Crippen LogP contribution in [-0.4, -0.2) is 48.3 Å². The Morgan fingerprint density at radius 3 is 1.76 bits per heavy atom.